The van der Waals surface area contributed by atoms with Gasteiger partial charge in [-0.25, -0.2) is 9.97 Å². The third-order valence-corrected chi connectivity index (χ3v) is 7.75. The number of thioether (sulfide) groups is 1. The summed E-state index contributed by atoms with van der Waals surface area (Å²) >= 11 is 5.22. The van der Waals surface area contributed by atoms with E-state index >= 15 is 0 Å². The van der Waals surface area contributed by atoms with Gasteiger partial charge in [0.1, 0.15) is 5.01 Å². The molecular weight excluding hydrogens is 394 g/mol. The molecule has 0 bridgehead atoms. The molecular formula is C20H23N3OS3. The molecule has 1 fully saturated rings. The van der Waals surface area contributed by atoms with Crippen molar-refractivity contribution in [2.45, 2.75) is 44.4 Å². The second kappa shape index (κ2) is 8.71. The van der Waals surface area contributed by atoms with Gasteiger partial charge in [0.25, 0.3) is 0 Å². The Morgan fingerprint density at radius 1 is 1.30 bits per heavy atom. The molecule has 7 heteroatoms. The maximum absolute atomic E-state index is 12.9. The maximum Gasteiger partial charge on any atom is 0.223 e. The average Bonchev–Trinajstić information content (AvgIpc) is 3.31. The lowest BCUT2D eigenvalue weighted by Gasteiger charge is -2.34. The van der Waals surface area contributed by atoms with Gasteiger partial charge in [-0.15, -0.1) is 22.7 Å². The van der Waals surface area contributed by atoms with E-state index in [9.17, 15) is 4.79 Å². The lowest BCUT2D eigenvalue weighted by molar-refractivity contribution is -0.134. The normalized spacial score (nSPS) is 17.5. The van der Waals surface area contributed by atoms with E-state index in [-0.39, 0.29) is 11.9 Å². The van der Waals surface area contributed by atoms with E-state index in [0.29, 0.717) is 6.42 Å². The monoisotopic (exact) mass is 417 g/mol. The van der Waals surface area contributed by atoms with Crippen molar-refractivity contribution in [3.63, 3.8) is 0 Å². The van der Waals surface area contributed by atoms with E-state index in [1.54, 1.807) is 34.4 Å². The predicted molar refractivity (Wildman–Crippen MR) is 116 cm³/mol. The van der Waals surface area contributed by atoms with Gasteiger partial charge in [-0.1, -0.05) is 12.1 Å². The zero-order valence-electron chi connectivity index (χ0n) is 15.4. The number of para-hydroxylation sites is 1. The zero-order valence-corrected chi connectivity index (χ0v) is 17.8. The lowest BCUT2D eigenvalue weighted by atomic mass is 10.0. The van der Waals surface area contributed by atoms with Crippen LogP contribution < -0.4 is 0 Å². The van der Waals surface area contributed by atoms with E-state index < -0.39 is 0 Å². The van der Waals surface area contributed by atoms with Crippen LogP contribution in [0.15, 0.2) is 29.6 Å². The molecule has 0 aliphatic carbocycles. The number of aryl methyl sites for hydroxylation is 1. The number of carbonyl (C=O) groups is 1. The summed E-state index contributed by atoms with van der Waals surface area (Å²) in [5, 5.41) is 4.31. The van der Waals surface area contributed by atoms with Gasteiger partial charge in [0.05, 0.1) is 27.0 Å². The number of piperidine rings is 1. The topological polar surface area (TPSA) is 46.1 Å². The van der Waals surface area contributed by atoms with E-state index in [4.69, 9.17) is 4.98 Å². The SMILES string of the molecule is Cc1nc(CSCCC(=O)N2CCCCC2c2nc3ccccc3s2)cs1. The molecule has 1 amide bonds. The number of amides is 1. The molecule has 1 unspecified atom stereocenters. The molecule has 0 spiro atoms. The molecule has 1 atom stereocenters. The van der Waals surface area contributed by atoms with E-state index in [1.807, 2.05) is 13.0 Å². The smallest absolute Gasteiger partial charge is 0.223 e. The molecule has 2 aromatic heterocycles. The number of rotatable bonds is 6. The molecule has 1 aliphatic rings. The van der Waals surface area contributed by atoms with Crippen LogP contribution in [0.1, 0.15) is 47.4 Å². The molecule has 0 radical (unpaired) electrons. The number of benzene rings is 1. The number of hydrogen-bond donors (Lipinski definition) is 0. The Hall–Kier alpha value is -1.44. The molecule has 0 saturated carbocycles. The van der Waals surface area contributed by atoms with Crippen LogP contribution in [0, 0.1) is 6.92 Å². The highest BCUT2D eigenvalue weighted by atomic mass is 32.2. The summed E-state index contributed by atoms with van der Waals surface area (Å²) in [6, 6.07) is 8.39. The first-order chi connectivity index (χ1) is 13.2. The maximum atomic E-state index is 12.9. The largest absolute Gasteiger partial charge is 0.333 e. The first-order valence-corrected chi connectivity index (χ1v) is 12.2. The third-order valence-electron chi connectivity index (χ3n) is 4.80. The van der Waals surface area contributed by atoms with Gasteiger partial charge in [-0.3, -0.25) is 4.79 Å². The van der Waals surface area contributed by atoms with Crippen LogP contribution in [0.4, 0.5) is 0 Å². The Bertz CT molecular complexity index is 887. The Kier molecular flexibility index (Phi) is 6.10. The summed E-state index contributed by atoms with van der Waals surface area (Å²) in [7, 11) is 0. The minimum absolute atomic E-state index is 0.148. The van der Waals surface area contributed by atoms with Crippen molar-refractivity contribution in [2.24, 2.45) is 0 Å². The van der Waals surface area contributed by atoms with Gasteiger partial charge in [-0.2, -0.15) is 11.8 Å². The van der Waals surface area contributed by atoms with Crippen LogP contribution in [0.5, 0.6) is 0 Å². The van der Waals surface area contributed by atoms with E-state index in [2.05, 4.69) is 33.5 Å². The average molecular weight is 418 g/mol. The minimum atomic E-state index is 0.148. The number of thiazole rings is 2. The first-order valence-electron chi connectivity index (χ1n) is 9.34. The highest BCUT2D eigenvalue weighted by Crippen LogP contribution is 2.36. The van der Waals surface area contributed by atoms with Crippen LogP contribution in [0.2, 0.25) is 0 Å². The van der Waals surface area contributed by atoms with Crippen LogP contribution in [-0.4, -0.2) is 33.1 Å². The minimum Gasteiger partial charge on any atom is -0.333 e. The Morgan fingerprint density at radius 2 is 2.19 bits per heavy atom. The van der Waals surface area contributed by atoms with Gasteiger partial charge in [0.2, 0.25) is 5.91 Å². The van der Waals surface area contributed by atoms with Crippen molar-refractivity contribution in [1.82, 2.24) is 14.9 Å². The molecule has 4 rings (SSSR count). The highest BCUT2D eigenvalue weighted by Gasteiger charge is 2.29. The molecule has 4 nitrogen and oxygen atoms in total. The van der Waals surface area contributed by atoms with Crippen LogP contribution in [-0.2, 0) is 10.5 Å². The Labute approximate surface area is 172 Å². The second-order valence-corrected chi connectivity index (χ2v) is 10.0. The number of hydrogen-bond acceptors (Lipinski definition) is 6. The number of fused-ring (bicyclic) bond motifs is 1. The van der Waals surface area contributed by atoms with Crippen molar-refractivity contribution in [2.75, 3.05) is 12.3 Å². The Balaban J connectivity index is 1.37. The van der Waals surface area contributed by atoms with Crippen LogP contribution in [0.3, 0.4) is 0 Å². The summed E-state index contributed by atoms with van der Waals surface area (Å²) in [6.07, 6.45) is 3.88. The van der Waals surface area contributed by atoms with E-state index in [0.717, 1.165) is 52.1 Å². The standard InChI is InChI=1S/C20H23N3OS3/c1-14-21-15(13-26-14)12-25-11-9-19(24)23-10-5-4-7-17(23)20-22-16-6-2-3-8-18(16)27-20/h2-3,6,8,13,17H,4-5,7,9-12H2,1H3. The summed E-state index contributed by atoms with van der Waals surface area (Å²) in [5.74, 6) is 2.00. The number of nitrogens with zero attached hydrogens (tertiary/aromatic N) is 3. The molecule has 142 valence electrons. The van der Waals surface area contributed by atoms with Crippen molar-refractivity contribution < 1.29 is 4.79 Å². The second-order valence-electron chi connectivity index (χ2n) is 6.78. The lowest BCUT2D eigenvalue weighted by Crippen LogP contribution is -2.38. The fraction of sp³-hybridized carbons (Fsp3) is 0.450. The summed E-state index contributed by atoms with van der Waals surface area (Å²) in [4.78, 5) is 24.3. The molecule has 27 heavy (non-hydrogen) atoms. The molecule has 1 aromatic carbocycles. The first kappa shape index (κ1) is 18.9. The van der Waals surface area contributed by atoms with Gasteiger partial charge < -0.3 is 4.90 Å². The van der Waals surface area contributed by atoms with Crippen LogP contribution in [0.25, 0.3) is 10.2 Å². The fourth-order valence-corrected chi connectivity index (χ4v) is 6.13. The van der Waals surface area contributed by atoms with Gasteiger partial charge in [0, 0.05) is 29.9 Å². The molecule has 0 N–H and O–H groups in total. The number of likely N-dealkylation sites (tertiary alicyclic amines) is 1. The zero-order chi connectivity index (χ0) is 18.6. The summed E-state index contributed by atoms with van der Waals surface area (Å²) < 4.78 is 1.21. The molecule has 3 aromatic rings. The number of carbonyl (C=O) groups excluding carboxylic acids is 1. The van der Waals surface area contributed by atoms with Crippen molar-refractivity contribution >= 4 is 50.6 Å². The van der Waals surface area contributed by atoms with Crippen molar-refractivity contribution in [1.29, 1.82) is 0 Å². The van der Waals surface area contributed by atoms with E-state index in [1.165, 1.54) is 11.1 Å². The molecule has 3 heterocycles. The highest BCUT2D eigenvalue weighted by molar-refractivity contribution is 7.98. The van der Waals surface area contributed by atoms with Crippen LogP contribution >= 0.6 is 34.4 Å². The predicted octanol–water partition coefficient (Wildman–Crippen LogP) is 5.44. The quantitative estimate of drug-likeness (QED) is 0.501. The van der Waals surface area contributed by atoms with Gasteiger partial charge >= 0.3 is 0 Å². The summed E-state index contributed by atoms with van der Waals surface area (Å²) in [5.41, 5.74) is 2.17. The molecule has 1 aliphatic heterocycles. The fourth-order valence-electron chi connectivity index (χ4n) is 3.47. The number of aromatic nitrogens is 2. The third kappa shape index (κ3) is 4.52. The van der Waals surface area contributed by atoms with Gasteiger partial charge in [-0.05, 0) is 38.3 Å². The molecule has 1 saturated heterocycles. The Morgan fingerprint density at radius 3 is 3.00 bits per heavy atom. The summed E-state index contributed by atoms with van der Waals surface area (Å²) in [6.45, 7) is 2.89. The van der Waals surface area contributed by atoms with Crippen molar-refractivity contribution in [3.8, 4) is 0 Å². The van der Waals surface area contributed by atoms with Gasteiger partial charge in [0.15, 0.2) is 0 Å². The van der Waals surface area contributed by atoms with Crippen molar-refractivity contribution in [3.05, 3.63) is 45.4 Å².